The molecule has 6 nitrogen and oxygen atoms in total. The van der Waals surface area contributed by atoms with Gasteiger partial charge in [0.05, 0.1) is 4.34 Å². The number of phenolic OH excluding ortho intramolecular Hbond substituents is 1. The standard InChI is InChI=1S/C22H21ClN2O4S/c23-20-6-5-17(30-20)13-24-7-9-25(10-8-24)21(27)14-29-22(28)18-11-15-3-1-2-4-16(15)12-19(18)26/h1-6,11-12,26H,7-10,13-14H2. The van der Waals surface area contributed by atoms with E-state index in [1.165, 1.54) is 10.9 Å². The number of piperazine rings is 1. The van der Waals surface area contributed by atoms with Gasteiger partial charge in [-0.05, 0) is 35.0 Å². The monoisotopic (exact) mass is 444 g/mol. The van der Waals surface area contributed by atoms with Crippen molar-refractivity contribution < 1.29 is 19.4 Å². The van der Waals surface area contributed by atoms with E-state index < -0.39 is 5.97 Å². The molecule has 1 aliphatic heterocycles. The van der Waals surface area contributed by atoms with E-state index in [9.17, 15) is 14.7 Å². The number of phenols is 1. The number of carbonyl (C=O) groups is 2. The minimum atomic E-state index is -0.709. The van der Waals surface area contributed by atoms with E-state index in [0.29, 0.717) is 13.1 Å². The lowest BCUT2D eigenvalue weighted by Crippen LogP contribution is -2.49. The van der Waals surface area contributed by atoms with Gasteiger partial charge in [-0.15, -0.1) is 11.3 Å². The van der Waals surface area contributed by atoms with Gasteiger partial charge in [-0.1, -0.05) is 35.9 Å². The molecule has 0 radical (unpaired) electrons. The zero-order chi connectivity index (χ0) is 21.1. The Balaban J connectivity index is 1.28. The fourth-order valence-corrected chi connectivity index (χ4v) is 4.63. The number of fused-ring (bicyclic) bond motifs is 1. The van der Waals surface area contributed by atoms with Crippen molar-refractivity contribution in [1.29, 1.82) is 0 Å². The molecule has 1 fully saturated rings. The zero-order valence-electron chi connectivity index (χ0n) is 16.2. The highest BCUT2D eigenvalue weighted by molar-refractivity contribution is 7.16. The molecule has 0 unspecified atom stereocenters. The number of hydrogen-bond donors (Lipinski definition) is 1. The third kappa shape index (κ3) is 4.75. The summed E-state index contributed by atoms with van der Waals surface area (Å²) in [6.07, 6.45) is 0. The average molecular weight is 445 g/mol. The quantitative estimate of drug-likeness (QED) is 0.607. The molecule has 8 heteroatoms. The minimum Gasteiger partial charge on any atom is -0.507 e. The first-order valence-corrected chi connectivity index (χ1v) is 10.8. The number of hydrogen-bond acceptors (Lipinski definition) is 6. The van der Waals surface area contributed by atoms with Crippen LogP contribution in [-0.2, 0) is 16.1 Å². The van der Waals surface area contributed by atoms with Crippen LogP contribution in [0.3, 0.4) is 0 Å². The summed E-state index contributed by atoms with van der Waals surface area (Å²) in [6.45, 7) is 3.13. The Morgan fingerprint density at radius 3 is 2.40 bits per heavy atom. The van der Waals surface area contributed by atoms with Gasteiger partial charge in [-0.3, -0.25) is 9.69 Å². The first-order chi connectivity index (χ1) is 14.5. The Morgan fingerprint density at radius 1 is 1.03 bits per heavy atom. The van der Waals surface area contributed by atoms with Crippen LogP contribution in [-0.4, -0.2) is 59.6 Å². The third-order valence-corrected chi connectivity index (χ3v) is 6.36. The van der Waals surface area contributed by atoms with E-state index in [-0.39, 0.29) is 23.8 Å². The fraction of sp³-hybridized carbons (Fsp3) is 0.273. The maximum atomic E-state index is 12.5. The van der Waals surface area contributed by atoms with Crippen LogP contribution >= 0.6 is 22.9 Å². The number of aromatic hydroxyl groups is 1. The van der Waals surface area contributed by atoms with Crippen LogP contribution in [0.15, 0.2) is 48.5 Å². The van der Waals surface area contributed by atoms with Crippen molar-refractivity contribution in [2.45, 2.75) is 6.54 Å². The first kappa shape index (κ1) is 20.7. The molecule has 3 aromatic rings. The number of thiophene rings is 1. The number of nitrogens with zero attached hydrogens (tertiary/aromatic N) is 2. The van der Waals surface area contributed by atoms with E-state index in [4.69, 9.17) is 16.3 Å². The second-order valence-electron chi connectivity index (χ2n) is 7.16. The Labute approximate surface area is 183 Å². The minimum absolute atomic E-state index is 0.0564. The summed E-state index contributed by atoms with van der Waals surface area (Å²) in [5.41, 5.74) is 0.0564. The lowest BCUT2D eigenvalue weighted by molar-refractivity contribution is -0.136. The summed E-state index contributed by atoms with van der Waals surface area (Å²) in [5.74, 6) is -1.10. The van der Waals surface area contributed by atoms with Crippen LogP contribution in [0.2, 0.25) is 4.34 Å². The molecule has 0 aliphatic carbocycles. The number of halogens is 1. The van der Waals surface area contributed by atoms with Crippen molar-refractivity contribution in [3.63, 3.8) is 0 Å². The predicted octanol–water partition coefficient (Wildman–Crippen LogP) is 3.76. The number of amides is 1. The second-order valence-corrected chi connectivity index (χ2v) is 8.96. The third-order valence-electron chi connectivity index (χ3n) is 5.14. The molecule has 4 rings (SSSR count). The van der Waals surface area contributed by atoms with Crippen LogP contribution in [0.25, 0.3) is 10.8 Å². The molecular formula is C22H21ClN2O4S. The van der Waals surface area contributed by atoms with Crippen LogP contribution in [0.5, 0.6) is 5.75 Å². The van der Waals surface area contributed by atoms with Gasteiger partial charge in [0.2, 0.25) is 0 Å². The maximum Gasteiger partial charge on any atom is 0.342 e. The van der Waals surface area contributed by atoms with E-state index in [0.717, 1.165) is 34.7 Å². The molecule has 2 aromatic carbocycles. The van der Waals surface area contributed by atoms with E-state index in [1.54, 1.807) is 22.3 Å². The zero-order valence-corrected chi connectivity index (χ0v) is 17.8. The van der Waals surface area contributed by atoms with Crippen molar-refractivity contribution in [2.24, 2.45) is 0 Å². The molecule has 0 atom stereocenters. The van der Waals surface area contributed by atoms with E-state index in [1.807, 2.05) is 36.4 Å². The maximum absolute atomic E-state index is 12.5. The lowest BCUT2D eigenvalue weighted by Gasteiger charge is -2.34. The SMILES string of the molecule is O=C(OCC(=O)N1CCN(Cc2ccc(Cl)s2)CC1)c1cc2ccccc2cc1O. The van der Waals surface area contributed by atoms with Crippen molar-refractivity contribution in [3.8, 4) is 5.75 Å². The van der Waals surface area contributed by atoms with Crippen molar-refractivity contribution in [3.05, 3.63) is 63.3 Å². The summed E-state index contributed by atoms with van der Waals surface area (Å²) >= 11 is 7.54. The largest absolute Gasteiger partial charge is 0.507 e. The number of carbonyl (C=O) groups excluding carboxylic acids is 2. The molecule has 2 heterocycles. The lowest BCUT2D eigenvalue weighted by atomic mass is 10.1. The Kier molecular flexibility index (Phi) is 6.22. The van der Waals surface area contributed by atoms with Crippen LogP contribution in [0.4, 0.5) is 0 Å². The number of benzene rings is 2. The smallest absolute Gasteiger partial charge is 0.342 e. The van der Waals surface area contributed by atoms with Crippen LogP contribution in [0, 0.1) is 0 Å². The Bertz CT molecular complexity index is 1080. The Morgan fingerprint density at radius 2 is 1.73 bits per heavy atom. The van der Waals surface area contributed by atoms with Crippen LogP contribution in [0.1, 0.15) is 15.2 Å². The topological polar surface area (TPSA) is 70.1 Å². The number of ether oxygens (including phenoxy) is 1. The summed E-state index contributed by atoms with van der Waals surface area (Å²) in [5, 5.41) is 11.8. The van der Waals surface area contributed by atoms with Gasteiger partial charge < -0.3 is 14.7 Å². The van der Waals surface area contributed by atoms with Crippen molar-refractivity contribution >= 4 is 45.6 Å². The molecule has 1 aromatic heterocycles. The summed E-state index contributed by atoms with van der Waals surface area (Å²) < 4.78 is 5.96. The summed E-state index contributed by atoms with van der Waals surface area (Å²) in [6, 6.07) is 14.4. The molecule has 0 saturated carbocycles. The summed E-state index contributed by atoms with van der Waals surface area (Å²) in [7, 11) is 0. The first-order valence-electron chi connectivity index (χ1n) is 9.63. The van der Waals surface area contributed by atoms with Gasteiger partial charge in [0, 0.05) is 37.6 Å². The van der Waals surface area contributed by atoms with Crippen molar-refractivity contribution in [2.75, 3.05) is 32.8 Å². The average Bonchev–Trinajstić information content (AvgIpc) is 3.16. The van der Waals surface area contributed by atoms with Gasteiger partial charge in [-0.25, -0.2) is 4.79 Å². The molecule has 1 N–H and O–H groups in total. The Hall–Kier alpha value is -2.61. The second kappa shape index (κ2) is 9.04. The van der Waals surface area contributed by atoms with Gasteiger partial charge in [0.1, 0.15) is 11.3 Å². The molecule has 0 spiro atoms. The molecule has 1 amide bonds. The summed E-state index contributed by atoms with van der Waals surface area (Å²) in [4.78, 5) is 30.0. The molecule has 30 heavy (non-hydrogen) atoms. The van der Waals surface area contributed by atoms with Crippen molar-refractivity contribution in [1.82, 2.24) is 9.80 Å². The van der Waals surface area contributed by atoms with Gasteiger partial charge >= 0.3 is 5.97 Å². The molecule has 1 saturated heterocycles. The molecule has 0 bridgehead atoms. The number of esters is 1. The highest BCUT2D eigenvalue weighted by Gasteiger charge is 2.23. The fourth-order valence-electron chi connectivity index (χ4n) is 3.50. The number of rotatable bonds is 5. The van der Waals surface area contributed by atoms with E-state index >= 15 is 0 Å². The molecule has 156 valence electrons. The van der Waals surface area contributed by atoms with Gasteiger partial charge in [-0.2, -0.15) is 0 Å². The van der Waals surface area contributed by atoms with Crippen LogP contribution < -0.4 is 0 Å². The normalized spacial score (nSPS) is 14.8. The predicted molar refractivity (Wildman–Crippen MR) is 117 cm³/mol. The molecular weight excluding hydrogens is 424 g/mol. The van der Waals surface area contributed by atoms with Gasteiger partial charge in [0.25, 0.3) is 5.91 Å². The van der Waals surface area contributed by atoms with E-state index in [2.05, 4.69) is 4.90 Å². The van der Waals surface area contributed by atoms with Gasteiger partial charge in [0.15, 0.2) is 6.61 Å². The highest BCUT2D eigenvalue weighted by atomic mass is 35.5. The molecule has 1 aliphatic rings. The highest BCUT2D eigenvalue weighted by Crippen LogP contribution is 2.26.